The van der Waals surface area contributed by atoms with Gasteiger partial charge in [0.05, 0.1) is 12.0 Å². The van der Waals surface area contributed by atoms with E-state index in [2.05, 4.69) is 5.32 Å². The lowest BCUT2D eigenvalue weighted by molar-refractivity contribution is -0.126. The fourth-order valence-corrected chi connectivity index (χ4v) is 3.22. The van der Waals surface area contributed by atoms with E-state index in [4.69, 9.17) is 16.3 Å². The Morgan fingerprint density at radius 2 is 2.30 bits per heavy atom. The van der Waals surface area contributed by atoms with Gasteiger partial charge < -0.3 is 15.0 Å². The number of aryl methyl sites for hydroxylation is 1. The van der Waals surface area contributed by atoms with E-state index in [1.807, 2.05) is 19.1 Å². The monoisotopic (exact) mass is 336 g/mol. The van der Waals surface area contributed by atoms with E-state index < -0.39 is 0 Å². The molecule has 6 heteroatoms. The van der Waals surface area contributed by atoms with Crippen molar-refractivity contribution in [2.45, 2.75) is 32.3 Å². The number of ether oxygens (including phenoxy) is 1. The van der Waals surface area contributed by atoms with E-state index in [0.29, 0.717) is 18.1 Å². The van der Waals surface area contributed by atoms with Crippen LogP contribution in [0.1, 0.15) is 24.8 Å². The van der Waals surface area contributed by atoms with Crippen LogP contribution in [0.25, 0.3) is 0 Å². The lowest BCUT2D eigenvalue weighted by Gasteiger charge is -2.18. The molecule has 2 saturated heterocycles. The zero-order chi connectivity index (χ0) is 16.4. The molecule has 2 fully saturated rings. The number of carbonyl (C=O) groups is 2. The summed E-state index contributed by atoms with van der Waals surface area (Å²) < 4.78 is 5.50. The summed E-state index contributed by atoms with van der Waals surface area (Å²) >= 11 is 6.13. The second kappa shape index (κ2) is 6.89. The minimum Gasteiger partial charge on any atom is -0.376 e. The van der Waals surface area contributed by atoms with Crippen molar-refractivity contribution in [3.05, 3.63) is 28.8 Å². The number of nitrogens with one attached hydrogen (secondary N) is 1. The van der Waals surface area contributed by atoms with Crippen LogP contribution in [0.3, 0.4) is 0 Å². The highest BCUT2D eigenvalue weighted by Gasteiger charge is 2.35. The first-order valence-corrected chi connectivity index (χ1v) is 8.38. The highest BCUT2D eigenvalue weighted by molar-refractivity contribution is 6.31. The van der Waals surface area contributed by atoms with Crippen LogP contribution in [0, 0.1) is 12.8 Å². The van der Waals surface area contributed by atoms with Gasteiger partial charge in [0.2, 0.25) is 11.8 Å². The molecule has 0 spiro atoms. The van der Waals surface area contributed by atoms with E-state index in [1.54, 1.807) is 11.0 Å². The second-order valence-corrected chi connectivity index (χ2v) is 6.63. The van der Waals surface area contributed by atoms with Crippen molar-refractivity contribution in [1.82, 2.24) is 5.32 Å². The van der Waals surface area contributed by atoms with Gasteiger partial charge in [-0.05, 0) is 37.5 Å². The molecule has 124 valence electrons. The van der Waals surface area contributed by atoms with Crippen molar-refractivity contribution >= 4 is 29.1 Å². The Bertz CT molecular complexity index is 614. The smallest absolute Gasteiger partial charge is 0.227 e. The molecule has 0 saturated carbocycles. The molecule has 1 aromatic carbocycles. The number of amides is 2. The first-order chi connectivity index (χ1) is 11.0. The lowest BCUT2D eigenvalue weighted by Crippen LogP contribution is -2.37. The zero-order valence-electron chi connectivity index (χ0n) is 13.2. The highest BCUT2D eigenvalue weighted by atomic mass is 35.5. The Kier molecular flexibility index (Phi) is 4.87. The molecular formula is C17H21ClN2O3. The van der Waals surface area contributed by atoms with Crippen molar-refractivity contribution in [2.75, 3.05) is 24.6 Å². The molecule has 0 radical (unpaired) electrons. The summed E-state index contributed by atoms with van der Waals surface area (Å²) in [7, 11) is 0. The largest absolute Gasteiger partial charge is 0.376 e. The van der Waals surface area contributed by atoms with Crippen LogP contribution < -0.4 is 10.2 Å². The van der Waals surface area contributed by atoms with Crippen LogP contribution in [0.5, 0.6) is 0 Å². The van der Waals surface area contributed by atoms with Crippen LogP contribution >= 0.6 is 11.6 Å². The fourth-order valence-electron chi connectivity index (χ4n) is 3.05. The maximum atomic E-state index is 12.3. The summed E-state index contributed by atoms with van der Waals surface area (Å²) in [5, 5.41) is 3.54. The predicted molar refractivity (Wildman–Crippen MR) is 88.6 cm³/mol. The van der Waals surface area contributed by atoms with Crippen LogP contribution in [0.4, 0.5) is 5.69 Å². The maximum Gasteiger partial charge on any atom is 0.227 e. The van der Waals surface area contributed by atoms with Crippen molar-refractivity contribution in [3.8, 4) is 0 Å². The molecule has 0 bridgehead atoms. The molecule has 0 aromatic heterocycles. The molecule has 3 rings (SSSR count). The van der Waals surface area contributed by atoms with E-state index in [1.165, 1.54) is 0 Å². The summed E-state index contributed by atoms with van der Waals surface area (Å²) in [4.78, 5) is 26.1. The first-order valence-electron chi connectivity index (χ1n) is 8.00. The quantitative estimate of drug-likeness (QED) is 0.917. The minimum atomic E-state index is -0.316. The van der Waals surface area contributed by atoms with Crippen molar-refractivity contribution in [2.24, 2.45) is 5.92 Å². The maximum absolute atomic E-state index is 12.3. The number of hydrogen-bond donors (Lipinski definition) is 1. The van der Waals surface area contributed by atoms with Crippen LogP contribution in [-0.2, 0) is 14.3 Å². The van der Waals surface area contributed by atoms with E-state index in [-0.39, 0.29) is 30.3 Å². The van der Waals surface area contributed by atoms with Crippen LogP contribution in [-0.4, -0.2) is 37.6 Å². The molecule has 1 N–H and O–H groups in total. The lowest BCUT2D eigenvalue weighted by atomic mass is 10.1. The van der Waals surface area contributed by atoms with Gasteiger partial charge >= 0.3 is 0 Å². The molecule has 2 heterocycles. The molecule has 2 aliphatic heterocycles. The Morgan fingerprint density at radius 1 is 1.48 bits per heavy atom. The molecule has 23 heavy (non-hydrogen) atoms. The van der Waals surface area contributed by atoms with Gasteiger partial charge in [-0.25, -0.2) is 0 Å². The Balaban J connectivity index is 1.59. The Labute approximate surface area is 140 Å². The van der Waals surface area contributed by atoms with Gasteiger partial charge in [-0.15, -0.1) is 0 Å². The third kappa shape index (κ3) is 3.67. The summed E-state index contributed by atoms with van der Waals surface area (Å²) in [5.41, 5.74) is 1.72. The molecule has 0 unspecified atom stereocenters. The number of hydrogen-bond acceptors (Lipinski definition) is 3. The topological polar surface area (TPSA) is 58.6 Å². The normalized spacial score (nSPS) is 24.3. The molecular weight excluding hydrogens is 316 g/mol. The molecule has 0 aliphatic carbocycles. The van der Waals surface area contributed by atoms with Crippen molar-refractivity contribution in [3.63, 3.8) is 0 Å². The average Bonchev–Trinajstić information content (AvgIpc) is 3.17. The van der Waals surface area contributed by atoms with Crippen LogP contribution in [0.15, 0.2) is 18.2 Å². The molecule has 2 amide bonds. The van der Waals surface area contributed by atoms with Gasteiger partial charge in [-0.1, -0.05) is 17.7 Å². The number of benzene rings is 1. The Morgan fingerprint density at radius 3 is 3.00 bits per heavy atom. The predicted octanol–water partition coefficient (Wildman–Crippen LogP) is 2.30. The number of anilines is 1. The average molecular weight is 337 g/mol. The summed E-state index contributed by atoms with van der Waals surface area (Å²) in [6, 6.07) is 5.53. The molecule has 2 atom stereocenters. The zero-order valence-corrected chi connectivity index (χ0v) is 13.9. The van der Waals surface area contributed by atoms with Crippen molar-refractivity contribution < 1.29 is 14.3 Å². The Hall–Kier alpha value is -1.59. The van der Waals surface area contributed by atoms with Gasteiger partial charge in [0.25, 0.3) is 0 Å². The summed E-state index contributed by atoms with van der Waals surface area (Å²) in [6.07, 6.45) is 2.38. The fraction of sp³-hybridized carbons (Fsp3) is 0.529. The summed E-state index contributed by atoms with van der Waals surface area (Å²) in [5.74, 6) is -0.430. The number of nitrogens with zero attached hydrogens (tertiary/aromatic N) is 1. The standard InChI is InChI=1S/C17H21ClN2O3/c1-11-4-5-13(8-15(11)18)20-10-12(7-16(20)21)17(22)19-9-14-3-2-6-23-14/h4-5,8,12,14H,2-3,6-7,9-10H2,1H3,(H,19,22)/t12-,14-/m1/s1. The van der Waals surface area contributed by atoms with Crippen molar-refractivity contribution in [1.29, 1.82) is 0 Å². The van der Waals surface area contributed by atoms with Gasteiger partial charge in [-0.2, -0.15) is 0 Å². The number of carbonyl (C=O) groups excluding carboxylic acids is 2. The second-order valence-electron chi connectivity index (χ2n) is 6.22. The van der Waals surface area contributed by atoms with Gasteiger partial charge in [-0.3, -0.25) is 9.59 Å². The molecule has 5 nitrogen and oxygen atoms in total. The van der Waals surface area contributed by atoms with Gasteiger partial charge in [0.1, 0.15) is 0 Å². The van der Waals surface area contributed by atoms with E-state index in [9.17, 15) is 9.59 Å². The molecule has 2 aliphatic rings. The third-order valence-corrected chi connectivity index (χ3v) is 4.90. The summed E-state index contributed by atoms with van der Waals surface area (Å²) in [6.45, 7) is 3.61. The van der Waals surface area contributed by atoms with Gasteiger partial charge in [0, 0.05) is 36.8 Å². The number of halogens is 1. The van der Waals surface area contributed by atoms with Gasteiger partial charge in [0.15, 0.2) is 0 Å². The van der Waals surface area contributed by atoms with E-state index >= 15 is 0 Å². The van der Waals surface area contributed by atoms with Crippen LogP contribution in [0.2, 0.25) is 5.02 Å². The van der Waals surface area contributed by atoms with E-state index in [0.717, 1.165) is 30.7 Å². The SMILES string of the molecule is Cc1ccc(N2C[C@H](C(=O)NC[C@H]3CCCO3)CC2=O)cc1Cl. The highest BCUT2D eigenvalue weighted by Crippen LogP contribution is 2.28. The first kappa shape index (κ1) is 16.3. The minimum absolute atomic E-state index is 0.0396. The molecule has 1 aromatic rings. The third-order valence-electron chi connectivity index (χ3n) is 4.49. The number of rotatable bonds is 4.